The van der Waals surface area contributed by atoms with Crippen molar-refractivity contribution in [2.45, 2.75) is 25.1 Å². The van der Waals surface area contributed by atoms with Gasteiger partial charge in [-0.05, 0) is 25.0 Å². The SMILES string of the molecule is N/C(=N/O)c1ccc(C(F)(F)F)nc1N1CCCC1CO. The molecule has 1 aromatic rings. The number of pyridine rings is 1. The number of hydrogen-bond donors (Lipinski definition) is 3. The Morgan fingerprint density at radius 1 is 1.48 bits per heavy atom. The van der Waals surface area contributed by atoms with Crippen LogP contribution in [0, 0.1) is 0 Å². The van der Waals surface area contributed by atoms with Crippen molar-refractivity contribution in [3.63, 3.8) is 0 Å². The van der Waals surface area contributed by atoms with Gasteiger partial charge in [-0.25, -0.2) is 4.98 Å². The molecule has 0 radical (unpaired) electrons. The lowest BCUT2D eigenvalue weighted by molar-refractivity contribution is -0.141. The molecule has 1 saturated heterocycles. The first-order valence-electron chi connectivity index (χ1n) is 6.32. The maximum absolute atomic E-state index is 12.8. The van der Waals surface area contributed by atoms with Crippen molar-refractivity contribution in [3.05, 3.63) is 23.4 Å². The van der Waals surface area contributed by atoms with Crippen molar-refractivity contribution in [3.8, 4) is 0 Å². The van der Waals surface area contributed by atoms with Crippen LogP contribution in [0.3, 0.4) is 0 Å². The summed E-state index contributed by atoms with van der Waals surface area (Å²) in [6, 6.07) is 1.57. The maximum atomic E-state index is 12.8. The Morgan fingerprint density at radius 3 is 2.76 bits per heavy atom. The van der Waals surface area contributed by atoms with Gasteiger partial charge in [0.25, 0.3) is 0 Å². The van der Waals surface area contributed by atoms with E-state index < -0.39 is 11.9 Å². The van der Waals surface area contributed by atoms with Gasteiger partial charge in [0.15, 0.2) is 5.84 Å². The van der Waals surface area contributed by atoms with Gasteiger partial charge in [-0.1, -0.05) is 5.16 Å². The van der Waals surface area contributed by atoms with Crippen LogP contribution in [0.5, 0.6) is 0 Å². The van der Waals surface area contributed by atoms with Gasteiger partial charge in [0.1, 0.15) is 11.5 Å². The van der Waals surface area contributed by atoms with Crippen LogP contribution in [0.25, 0.3) is 0 Å². The zero-order valence-corrected chi connectivity index (χ0v) is 11.0. The summed E-state index contributed by atoms with van der Waals surface area (Å²) in [6.07, 6.45) is -3.23. The molecule has 0 aliphatic carbocycles. The minimum Gasteiger partial charge on any atom is -0.409 e. The molecule has 1 unspecified atom stereocenters. The maximum Gasteiger partial charge on any atom is 0.433 e. The minimum atomic E-state index is -4.59. The molecule has 1 fully saturated rings. The van der Waals surface area contributed by atoms with E-state index in [1.165, 1.54) is 0 Å². The average Bonchev–Trinajstić information content (AvgIpc) is 2.93. The molecule has 0 aromatic carbocycles. The Hall–Kier alpha value is -2.03. The first kappa shape index (κ1) is 15.4. The molecule has 21 heavy (non-hydrogen) atoms. The van der Waals surface area contributed by atoms with Crippen molar-refractivity contribution < 1.29 is 23.5 Å². The third-order valence-corrected chi connectivity index (χ3v) is 3.41. The van der Waals surface area contributed by atoms with E-state index in [-0.39, 0.29) is 29.9 Å². The second-order valence-electron chi connectivity index (χ2n) is 4.72. The lowest BCUT2D eigenvalue weighted by atomic mass is 10.1. The number of amidine groups is 1. The van der Waals surface area contributed by atoms with Gasteiger partial charge in [0, 0.05) is 6.54 Å². The number of anilines is 1. The Balaban J connectivity index is 2.53. The summed E-state index contributed by atoms with van der Waals surface area (Å²) in [4.78, 5) is 5.17. The number of aromatic nitrogens is 1. The molecule has 2 heterocycles. The van der Waals surface area contributed by atoms with Crippen LogP contribution in [0.1, 0.15) is 24.1 Å². The molecule has 1 atom stereocenters. The summed E-state index contributed by atoms with van der Waals surface area (Å²) >= 11 is 0. The van der Waals surface area contributed by atoms with Gasteiger partial charge in [0.2, 0.25) is 0 Å². The van der Waals surface area contributed by atoms with E-state index in [0.717, 1.165) is 18.6 Å². The Morgan fingerprint density at radius 2 is 2.19 bits per heavy atom. The van der Waals surface area contributed by atoms with Crippen LogP contribution in [0.15, 0.2) is 17.3 Å². The number of nitrogens with two attached hydrogens (primary N) is 1. The number of nitrogens with zero attached hydrogens (tertiary/aromatic N) is 3. The topological polar surface area (TPSA) is 95.0 Å². The highest BCUT2D eigenvalue weighted by Gasteiger charge is 2.35. The molecular formula is C12H15F3N4O2. The van der Waals surface area contributed by atoms with Gasteiger partial charge < -0.3 is 20.9 Å². The fourth-order valence-electron chi connectivity index (χ4n) is 2.38. The van der Waals surface area contributed by atoms with Crippen molar-refractivity contribution in [1.82, 2.24) is 4.98 Å². The second kappa shape index (κ2) is 5.76. The fourth-order valence-corrected chi connectivity index (χ4v) is 2.38. The third kappa shape index (κ3) is 3.02. The number of rotatable bonds is 3. The molecule has 0 amide bonds. The largest absolute Gasteiger partial charge is 0.433 e. The Bertz CT molecular complexity index is 548. The monoisotopic (exact) mass is 304 g/mol. The molecule has 1 aliphatic rings. The van der Waals surface area contributed by atoms with E-state index >= 15 is 0 Å². The van der Waals surface area contributed by atoms with E-state index in [1.54, 1.807) is 4.90 Å². The first-order valence-corrected chi connectivity index (χ1v) is 6.32. The zero-order valence-electron chi connectivity index (χ0n) is 11.0. The van der Waals surface area contributed by atoms with E-state index in [2.05, 4.69) is 10.1 Å². The summed E-state index contributed by atoms with van der Waals surface area (Å²) in [7, 11) is 0. The fraction of sp³-hybridized carbons (Fsp3) is 0.500. The molecule has 9 heteroatoms. The molecule has 1 aliphatic heterocycles. The van der Waals surface area contributed by atoms with E-state index in [1.807, 2.05) is 0 Å². The van der Waals surface area contributed by atoms with Crippen LogP contribution in [-0.4, -0.2) is 40.3 Å². The highest BCUT2D eigenvalue weighted by Crippen LogP contribution is 2.33. The number of aliphatic hydroxyl groups excluding tert-OH is 1. The normalized spacial score (nSPS) is 20.1. The lowest BCUT2D eigenvalue weighted by Crippen LogP contribution is -2.35. The van der Waals surface area contributed by atoms with Crippen LogP contribution >= 0.6 is 0 Å². The molecular weight excluding hydrogens is 289 g/mol. The smallest absolute Gasteiger partial charge is 0.409 e. The van der Waals surface area contributed by atoms with Crippen molar-refractivity contribution >= 4 is 11.7 Å². The first-order chi connectivity index (χ1) is 9.88. The molecule has 6 nitrogen and oxygen atoms in total. The van der Waals surface area contributed by atoms with Gasteiger partial charge in [0.05, 0.1) is 18.2 Å². The zero-order chi connectivity index (χ0) is 15.6. The Labute approximate surface area is 118 Å². The lowest BCUT2D eigenvalue weighted by Gasteiger charge is -2.26. The van der Waals surface area contributed by atoms with Crippen LogP contribution in [-0.2, 0) is 6.18 Å². The third-order valence-electron chi connectivity index (χ3n) is 3.41. The van der Waals surface area contributed by atoms with Crippen molar-refractivity contribution in [2.75, 3.05) is 18.1 Å². The summed E-state index contributed by atoms with van der Waals surface area (Å²) in [5.41, 5.74) is 4.54. The molecule has 1 aromatic heterocycles. The molecule has 0 spiro atoms. The number of oxime groups is 1. The van der Waals surface area contributed by atoms with Crippen LogP contribution in [0.4, 0.5) is 19.0 Å². The van der Waals surface area contributed by atoms with Gasteiger partial charge in [-0.3, -0.25) is 0 Å². The van der Waals surface area contributed by atoms with E-state index in [9.17, 15) is 18.3 Å². The van der Waals surface area contributed by atoms with Crippen LogP contribution in [0.2, 0.25) is 0 Å². The number of alkyl halides is 3. The molecule has 0 saturated carbocycles. The highest BCUT2D eigenvalue weighted by molar-refractivity contribution is 6.01. The van der Waals surface area contributed by atoms with Crippen molar-refractivity contribution in [1.29, 1.82) is 0 Å². The predicted molar refractivity (Wildman–Crippen MR) is 69.2 cm³/mol. The van der Waals surface area contributed by atoms with Crippen LogP contribution < -0.4 is 10.6 Å². The quantitative estimate of drug-likeness (QED) is 0.337. The van der Waals surface area contributed by atoms with Gasteiger partial charge in [-0.15, -0.1) is 0 Å². The number of halogens is 3. The highest BCUT2D eigenvalue weighted by atomic mass is 19.4. The van der Waals surface area contributed by atoms with Gasteiger partial charge >= 0.3 is 6.18 Å². The van der Waals surface area contributed by atoms with Crippen molar-refractivity contribution in [2.24, 2.45) is 10.9 Å². The standard InChI is InChI=1S/C12H15F3N4O2/c13-12(14,15)9-4-3-8(10(16)18-21)11(17-9)19-5-1-2-7(19)6-20/h3-4,7,20-21H,1-2,5-6H2,(H2,16,18). The second-order valence-corrected chi connectivity index (χ2v) is 4.72. The number of hydrogen-bond acceptors (Lipinski definition) is 5. The summed E-state index contributed by atoms with van der Waals surface area (Å²) < 4.78 is 38.4. The molecule has 0 bridgehead atoms. The molecule has 2 rings (SSSR count). The minimum absolute atomic E-state index is 0.0309. The van der Waals surface area contributed by atoms with E-state index in [0.29, 0.717) is 13.0 Å². The average molecular weight is 304 g/mol. The summed E-state index contributed by atoms with van der Waals surface area (Å²) in [5.74, 6) is -0.355. The molecule has 116 valence electrons. The Kier molecular flexibility index (Phi) is 4.21. The number of aliphatic hydroxyl groups is 1. The summed E-state index contributed by atoms with van der Waals surface area (Å²) in [6.45, 7) is 0.249. The molecule has 4 N–H and O–H groups in total. The summed E-state index contributed by atoms with van der Waals surface area (Å²) in [5, 5.41) is 20.9. The predicted octanol–water partition coefficient (Wildman–Crippen LogP) is 1.16. The van der Waals surface area contributed by atoms with Gasteiger partial charge in [-0.2, -0.15) is 13.2 Å². The van der Waals surface area contributed by atoms with E-state index in [4.69, 9.17) is 10.9 Å².